The molecule has 1 atom stereocenters. The third-order valence-electron chi connectivity index (χ3n) is 4.85. The molecule has 2 heterocycles. The van der Waals surface area contributed by atoms with Crippen LogP contribution in [0.2, 0.25) is 0 Å². The van der Waals surface area contributed by atoms with Crippen LogP contribution in [0.25, 0.3) is 11.5 Å². The monoisotopic (exact) mass is 432 g/mol. The first-order chi connectivity index (χ1) is 15.1. The molecule has 31 heavy (non-hydrogen) atoms. The minimum atomic E-state index is -1.36. The van der Waals surface area contributed by atoms with Gasteiger partial charge in [0.15, 0.2) is 0 Å². The van der Waals surface area contributed by atoms with Crippen LogP contribution in [0.15, 0.2) is 85.3 Å². The Kier molecular flexibility index (Phi) is 6.43. The predicted molar refractivity (Wildman–Crippen MR) is 123 cm³/mol. The molecule has 1 N–H and O–H groups in total. The first-order valence-electron chi connectivity index (χ1n) is 10.0. The van der Waals surface area contributed by atoms with Gasteiger partial charge in [-0.05, 0) is 36.8 Å². The second kappa shape index (κ2) is 9.57. The van der Waals surface area contributed by atoms with Gasteiger partial charge in [-0.15, -0.1) is 0 Å². The highest BCUT2D eigenvalue weighted by Gasteiger charge is 2.17. The van der Waals surface area contributed by atoms with E-state index in [1.165, 1.54) is 0 Å². The maximum atomic E-state index is 12.8. The number of hydrogen-bond acceptors (Lipinski definition) is 3. The average Bonchev–Trinajstić information content (AvgIpc) is 3.42. The van der Waals surface area contributed by atoms with Crippen molar-refractivity contribution in [3.05, 3.63) is 102 Å². The number of aromatic nitrogens is 3. The summed E-state index contributed by atoms with van der Waals surface area (Å²) in [5.74, 6) is 0.800. The van der Waals surface area contributed by atoms with Crippen molar-refractivity contribution in [2.24, 2.45) is 0 Å². The van der Waals surface area contributed by atoms with Crippen LogP contribution >= 0.6 is 0 Å². The molecule has 7 heteroatoms. The second-order valence-corrected chi connectivity index (χ2v) is 8.78. The Bertz CT molecular complexity index is 1180. The summed E-state index contributed by atoms with van der Waals surface area (Å²) in [6.45, 7) is 2.44. The molecule has 0 saturated heterocycles. The lowest BCUT2D eigenvalue weighted by Crippen LogP contribution is -2.28. The molecule has 0 fully saturated rings. The molecule has 158 valence electrons. The summed E-state index contributed by atoms with van der Waals surface area (Å²) in [4.78, 5) is 12.3. The Hall–Kier alpha value is -3.45. The van der Waals surface area contributed by atoms with Crippen LogP contribution in [0.3, 0.4) is 0 Å². The maximum absolute atomic E-state index is 12.8. The third kappa shape index (κ3) is 5.19. The number of carbonyl (C=O) groups is 1. The number of benzene rings is 2. The lowest BCUT2D eigenvalue weighted by Gasteiger charge is -2.11. The fourth-order valence-corrected chi connectivity index (χ4v) is 4.48. The number of para-hydroxylation sites is 1. The highest BCUT2D eigenvalue weighted by molar-refractivity contribution is 7.84. The molecule has 6 nitrogen and oxygen atoms in total. The predicted octanol–water partition coefficient (Wildman–Crippen LogP) is 3.54. The van der Waals surface area contributed by atoms with Gasteiger partial charge in [-0.1, -0.05) is 48.0 Å². The topological polar surface area (TPSA) is 68.9 Å². The van der Waals surface area contributed by atoms with Crippen LogP contribution < -0.4 is 5.32 Å². The van der Waals surface area contributed by atoms with Gasteiger partial charge in [0.1, 0.15) is 11.6 Å². The first-order valence-corrected chi connectivity index (χ1v) is 11.5. The van der Waals surface area contributed by atoms with Gasteiger partial charge >= 0.3 is 0 Å². The highest BCUT2D eigenvalue weighted by Crippen LogP contribution is 2.21. The minimum absolute atomic E-state index is 0.0482. The fraction of sp³-hybridized carbons (Fsp3) is 0.167. The molecule has 0 bridgehead atoms. The molecule has 0 aliphatic carbocycles. The smallest absolute Gasteiger partial charge is 0.232 e. The van der Waals surface area contributed by atoms with Crippen molar-refractivity contribution < 1.29 is 9.00 Å². The fourth-order valence-electron chi connectivity index (χ4n) is 3.43. The molecule has 0 aliphatic rings. The van der Waals surface area contributed by atoms with Gasteiger partial charge in [0.05, 0.1) is 17.6 Å². The number of hydrogen-bond donors (Lipinski definition) is 1. The van der Waals surface area contributed by atoms with Gasteiger partial charge in [0, 0.05) is 35.3 Å². The molecule has 4 rings (SSSR count). The molecule has 1 amide bonds. The molecule has 0 saturated carbocycles. The first kappa shape index (κ1) is 20.8. The van der Waals surface area contributed by atoms with E-state index < -0.39 is 10.8 Å². The number of amides is 1. The minimum Gasteiger partial charge on any atom is -0.351 e. The number of aryl methyl sites for hydroxylation is 1. The summed E-state index contributed by atoms with van der Waals surface area (Å²) >= 11 is 0. The quantitative estimate of drug-likeness (QED) is 0.463. The van der Waals surface area contributed by atoms with Gasteiger partial charge in [-0.3, -0.25) is 9.00 Å². The van der Waals surface area contributed by atoms with Crippen molar-refractivity contribution in [2.45, 2.75) is 19.2 Å². The molecule has 1 unspecified atom stereocenters. The molecule has 2 aromatic carbocycles. The normalized spacial score (nSPS) is 11.9. The Labute approximate surface area is 184 Å². The third-order valence-corrected chi connectivity index (χ3v) is 6.06. The Morgan fingerprint density at radius 2 is 1.81 bits per heavy atom. The lowest BCUT2D eigenvalue weighted by molar-refractivity contribution is -0.118. The zero-order valence-electron chi connectivity index (χ0n) is 17.3. The van der Waals surface area contributed by atoms with E-state index in [2.05, 4.69) is 10.4 Å². The van der Waals surface area contributed by atoms with E-state index in [-0.39, 0.29) is 17.4 Å². The molecule has 2 aromatic heterocycles. The van der Waals surface area contributed by atoms with E-state index in [0.717, 1.165) is 28.2 Å². The summed E-state index contributed by atoms with van der Waals surface area (Å²) in [5, 5.41) is 7.38. The summed E-state index contributed by atoms with van der Waals surface area (Å²) in [6, 6.07) is 21.6. The van der Waals surface area contributed by atoms with E-state index in [9.17, 15) is 9.00 Å². The zero-order chi connectivity index (χ0) is 21.6. The van der Waals surface area contributed by atoms with Crippen molar-refractivity contribution in [3.63, 3.8) is 0 Å². The Balaban J connectivity index is 1.46. The number of rotatable bonds is 8. The zero-order valence-corrected chi connectivity index (χ0v) is 18.1. The van der Waals surface area contributed by atoms with E-state index in [0.29, 0.717) is 6.54 Å². The molecule has 0 spiro atoms. The largest absolute Gasteiger partial charge is 0.351 e. The summed E-state index contributed by atoms with van der Waals surface area (Å²) < 4.78 is 16.5. The molecule has 0 aliphatic heterocycles. The van der Waals surface area contributed by atoms with Gasteiger partial charge < -0.3 is 9.88 Å². The number of nitrogens with zero attached hydrogens (tertiary/aromatic N) is 3. The number of nitrogens with one attached hydrogen (secondary N) is 1. The van der Waals surface area contributed by atoms with Crippen molar-refractivity contribution in [3.8, 4) is 11.5 Å². The van der Waals surface area contributed by atoms with Crippen molar-refractivity contribution in [2.75, 3.05) is 5.75 Å². The molecule has 0 radical (unpaired) electrons. The van der Waals surface area contributed by atoms with Gasteiger partial charge in [-0.2, -0.15) is 5.10 Å². The van der Waals surface area contributed by atoms with Crippen molar-refractivity contribution >= 4 is 16.7 Å². The summed E-state index contributed by atoms with van der Waals surface area (Å²) in [7, 11) is -1.36. The van der Waals surface area contributed by atoms with Crippen LogP contribution in [0.5, 0.6) is 0 Å². The molecular formula is C24H24N4O2S. The van der Waals surface area contributed by atoms with Gasteiger partial charge in [-0.25, -0.2) is 4.68 Å². The molecule has 4 aromatic rings. The average molecular weight is 433 g/mol. The van der Waals surface area contributed by atoms with Crippen LogP contribution in [-0.4, -0.2) is 30.2 Å². The standard InChI is InChI=1S/C24H24N4O2S/c1-19-8-7-9-20(14-19)15-25-23(29)18-31(30)17-21-16-26-28(22-10-3-2-4-11-22)24(21)27-12-5-6-13-27/h2-14,16H,15,17-18H2,1H3,(H,25,29). The lowest BCUT2D eigenvalue weighted by atomic mass is 10.1. The number of carbonyl (C=O) groups excluding carboxylic acids is 1. The van der Waals surface area contributed by atoms with Crippen molar-refractivity contribution in [1.29, 1.82) is 0 Å². The van der Waals surface area contributed by atoms with Crippen LogP contribution in [0.1, 0.15) is 16.7 Å². The van der Waals surface area contributed by atoms with E-state index in [1.54, 1.807) is 6.20 Å². The van der Waals surface area contributed by atoms with Crippen LogP contribution in [0, 0.1) is 6.92 Å². The van der Waals surface area contributed by atoms with Crippen LogP contribution in [-0.2, 0) is 27.9 Å². The van der Waals surface area contributed by atoms with Crippen LogP contribution in [0.4, 0.5) is 0 Å². The van der Waals surface area contributed by atoms with Crippen molar-refractivity contribution in [1.82, 2.24) is 19.7 Å². The Morgan fingerprint density at radius 3 is 2.55 bits per heavy atom. The van der Waals surface area contributed by atoms with Gasteiger partial charge in [0.2, 0.25) is 5.91 Å². The van der Waals surface area contributed by atoms with E-state index in [4.69, 9.17) is 0 Å². The Morgan fingerprint density at radius 1 is 1.03 bits per heavy atom. The maximum Gasteiger partial charge on any atom is 0.232 e. The van der Waals surface area contributed by atoms with Gasteiger partial charge in [0.25, 0.3) is 0 Å². The van der Waals surface area contributed by atoms with E-state index in [1.807, 2.05) is 95.3 Å². The SMILES string of the molecule is Cc1cccc(CNC(=O)CS(=O)Cc2cnn(-c3ccccc3)c2-n2cccc2)c1. The second-order valence-electron chi connectivity index (χ2n) is 7.33. The van der Waals surface area contributed by atoms with E-state index >= 15 is 0 Å². The molecular weight excluding hydrogens is 408 g/mol. The summed E-state index contributed by atoms with van der Waals surface area (Å²) in [6.07, 6.45) is 5.58. The summed E-state index contributed by atoms with van der Waals surface area (Å²) in [5.41, 5.74) is 3.91. The highest BCUT2D eigenvalue weighted by atomic mass is 32.2.